The van der Waals surface area contributed by atoms with Crippen molar-refractivity contribution in [2.45, 2.75) is 44.7 Å². The largest absolute Gasteiger partial charge is 0.358 e. The van der Waals surface area contributed by atoms with Crippen LogP contribution in [0.5, 0.6) is 0 Å². The number of anilines is 2. The number of carbonyl (C=O) groups is 3. The van der Waals surface area contributed by atoms with Crippen LogP contribution in [0.4, 0.5) is 11.4 Å². The Balaban J connectivity index is 1.39. The molecule has 2 saturated heterocycles. The second kappa shape index (κ2) is 9.66. The standard InChI is InChI=1S/C26H29ClN4O3/c27-20-9-6-18(7-10-20)16-28-24(32)17-31-23-15-19(25(33)29-12-3-4-13-29)8-11-21(23)30-14-2-1-5-22(30)26(31)34/h6-11,15,22H,1-5,12-14,16-17H2,(H,28,32)/t22-/m1/s1. The minimum absolute atomic E-state index is 0.0133. The highest BCUT2D eigenvalue weighted by molar-refractivity contribution is 6.30. The zero-order valence-corrected chi connectivity index (χ0v) is 19.9. The highest BCUT2D eigenvalue weighted by Gasteiger charge is 2.40. The second-order valence-corrected chi connectivity index (χ2v) is 9.67. The van der Waals surface area contributed by atoms with E-state index < -0.39 is 0 Å². The van der Waals surface area contributed by atoms with Crippen LogP contribution in [0.25, 0.3) is 0 Å². The first-order chi connectivity index (χ1) is 16.5. The van der Waals surface area contributed by atoms with Gasteiger partial charge in [0.1, 0.15) is 12.6 Å². The number of piperidine rings is 1. The molecule has 2 fully saturated rings. The summed E-state index contributed by atoms with van der Waals surface area (Å²) in [6.45, 7) is 2.61. The average molecular weight is 481 g/mol. The van der Waals surface area contributed by atoms with Crippen LogP contribution in [0.15, 0.2) is 42.5 Å². The van der Waals surface area contributed by atoms with Crippen molar-refractivity contribution in [3.63, 3.8) is 0 Å². The van der Waals surface area contributed by atoms with Crippen LogP contribution in [0.1, 0.15) is 48.0 Å². The van der Waals surface area contributed by atoms with Gasteiger partial charge in [0.25, 0.3) is 5.91 Å². The molecule has 3 amide bonds. The van der Waals surface area contributed by atoms with E-state index in [0.29, 0.717) is 22.8 Å². The first kappa shape index (κ1) is 22.7. The summed E-state index contributed by atoms with van der Waals surface area (Å²) < 4.78 is 0. The fraction of sp³-hybridized carbons (Fsp3) is 0.423. The minimum atomic E-state index is -0.259. The lowest BCUT2D eigenvalue weighted by Gasteiger charge is -2.45. The third-order valence-electron chi connectivity index (χ3n) is 6.97. The number of fused-ring (bicyclic) bond motifs is 3. The fourth-order valence-electron chi connectivity index (χ4n) is 5.16. The molecule has 0 bridgehead atoms. The van der Waals surface area contributed by atoms with Crippen molar-refractivity contribution in [3.8, 4) is 0 Å². The van der Waals surface area contributed by atoms with Crippen molar-refractivity contribution in [1.29, 1.82) is 0 Å². The molecular weight excluding hydrogens is 452 g/mol. The summed E-state index contributed by atoms with van der Waals surface area (Å²) in [6, 6.07) is 12.6. The van der Waals surface area contributed by atoms with Gasteiger partial charge in [-0.05, 0) is 68.0 Å². The van der Waals surface area contributed by atoms with Gasteiger partial charge >= 0.3 is 0 Å². The van der Waals surface area contributed by atoms with Gasteiger partial charge in [0.2, 0.25) is 11.8 Å². The molecule has 8 heteroatoms. The van der Waals surface area contributed by atoms with Gasteiger partial charge in [0.15, 0.2) is 0 Å². The molecule has 0 spiro atoms. The summed E-state index contributed by atoms with van der Waals surface area (Å²) >= 11 is 5.94. The Morgan fingerprint density at radius 1 is 0.941 bits per heavy atom. The van der Waals surface area contributed by atoms with Gasteiger partial charge in [-0.3, -0.25) is 19.3 Å². The van der Waals surface area contributed by atoms with Crippen LogP contribution in [0.2, 0.25) is 5.02 Å². The number of nitrogens with zero attached hydrogens (tertiary/aromatic N) is 3. The highest BCUT2D eigenvalue weighted by Crippen LogP contribution is 2.40. The summed E-state index contributed by atoms with van der Waals surface area (Å²) in [5.74, 6) is -0.324. The summed E-state index contributed by atoms with van der Waals surface area (Å²) in [5.41, 5.74) is 3.07. The molecule has 2 aromatic rings. The van der Waals surface area contributed by atoms with Gasteiger partial charge in [-0.15, -0.1) is 0 Å². The molecule has 0 unspecified atom stereocenters. The lowest BCUT2D eigenvalue weighted by Crippen LogP contribution is -2.57. The molecule has 7 nitrogen and oxygen atoms in total. The fourth-order valence-corrected chi connectivity index (χ4v) is 5.29. The van der Waals surface area contributed by atoms with E-state index in [2.05, 4.69) is 10.2 Å². The van der Waals surface area contributed by atoms with Gasteiger partial charge in [0, 0.05) is 36.8 Å². The quantitative estimate of drug-likeness (QED) is 0.709. The first-order valence-corrected chi connectivity index (χ1v) is 12.4. The number of hydrogen-bond acceptors (Lipinski definition) is 4. The molecule has 0 radical (unpaired) electrons. The number of hydrogen-bond donors (Lipinski definition) is 1. The lowest BCUT2D eigenvalue weighted by atomic mass is 9.95. The number of likely N-dealkylation sites (tertiary alicyclic amines) is 1. The lowest BCUT2D eigenvalue weighted by molar-refractivity contribution is -0.125. The van der Waals surface area contributed by atoms with Crippen molar-refractivity contribution >= 4 is 40.7 Å². The van der Waals surface area contributed by atoms with Gasteiger partial charge in [-0.25, -0.2) is 0 Å². The third-order valence-corrected chi connectivity index (χ3v) is 7.23. The molecule has 0 saturated carbocycles. The Labute approximate surface area is 204 Å². The molecular formula is C26H29ClN4O3. The molecule has 5 rings (SSSR count). The number of nitrogens with one attached hydrogen (secondary N) is 1. The van der Waals surface area contributed by atoms with Crippen LogP contribution in [-0.4, -0.2) is 54.8 Å². The molecule has 3 heterocycles. The first-order valence-electron chi connectivity index (χ1n) is 12.0. The van der Waals surface area contributed by atoms with Gasteiger partial charge in [-0.1, -0.05) is 23.7 Å². The third kappa shape index (κ3) is 4.49. The van der Waals surface area contributed by atoms with E-state index in [4.69, 9.17) is 11.6 Å². The Bertz CT molecular complexity index is 1100. The molecule has 1 N–H and O–H groups in total. The zero-order valence-electron chi connectivity index (χ0n) is 19.1. The van der Waals surface area contributed by atoms with Crippen molar-refractivity contribution in [3.05, 3.63) is 58.6 Å². The number of rotatable bonds is 5. The van der Waals surface area contributed by atoms with E-state index in [0.717, 1.165) is 63.0 Å². The minimum Gasteiger partial charge on any atom is -0.358 e. The van der Waals surface area contributed by atoms with Crippen molar-refractivity contribution < 1.29 is 14.4 Å². The Morgan fingerprint density at radius 3 is 2.44 bits per heavy atom. The Kier molecular flexibility index (Phi) is 6.46. The normalized spacial score (nSPS) is 19.6. The maximum absolute atomic E-state index is 13.5. The second-order valence-electron chi connectivity index (χ2n) is 9.24. The summed E-state index contributed by atoms with van der Waals surface area (Å²) in [6.07, 6.45) is 4.83. The van der Waals surface area contributed by atoms with Crippen molar-refractivity contribution in [1.82, 2.24) is 10.2 Å². The summed E-state index contributed by atoms with van der Waals surface area (Å²) in [7, 11) is 0. The molecule has 3 aliphatic rings. The zero-order chi connectivity index (χ0) is 23.7. The summed E-state index contributed by atoms with van der Waals surface area (Å²) in [5, 5.41) is 3.55. The SMILES string of the molecule is O=C(CN1C(=O)[C@H]2CCCCN2c2ccc(C(=O)N3CCCC3)cc21)NCc1ccc(Cl)cc1. The number of halogens is 1. The van der Waals surface area contributed by atoms with Crippen LogP contribution in [0, 0.1) is 0 Å². The molecule has 178 valence electrons. The predicted octanol–water partition coefficient (Wildman–Crippen LogP) is 3.60. The van der Waals surface area contributed by atoms with Crippen LogP contribution >= 0.6 is 11.6 Å². The molecule has 1 atom stereocenters. The Hall–Kier alpha value is -3.06. The molecule has 2 aromatic carbocycles. The smallest absolute Gasteiger partial charge is 0.253 e. The van der Waals surface area contributed by atoms with E-state index in [1.807, 2.05) is 29.2 Å². The van der Waals surface area contributed by atoms with Gasteiger partial charge < -0.3 is 15.1 Å². The predicted molar refractivity (Wildman–Crippen MR) is 132 cm³/mol. The van der Waals surface area contributed by atoms with E-state index in [1.54, 1.807) is 23.1 Å². The Morgan fingerprint density at radius 2 is 1.68 bits per heavy atom. The van der Waals surface area contributed by atoms with Crippen molar-refractivity contribution in [2.24, 2.45) is 0 Å². The molecule has 34 heavy (non-hydrogen) atoms. The van der Waals surface area contributed by atoms with Gasteiger partial charge in [-0.2, -0.15) is 0 Å². The average Bonchev–Trinajstić information content (AvgIpc) is 3.40. The molecule has 3 aliphatic heterocycles. The number of benzene rings is 2. The van der Waals surface area contributed by atoms with Crippen molar-refractivity contribution in [2.75, 3.05) is 36.0 Å². The van der Waals surface area contributed by atoms with E-state index in [9.17, 15) is 14.4 Å². The molecule has 0 aliphatic carbocycles. The highest BCUT2D eigenvalue weighted by atomic mass is 35.5. The monoisotopic (exact) mass is 480 g/mol. The van der Waals surface area contributed by atoms with Gasteiger partial charge in [0.05, 0.1) is 11.4 Å². The summed E-state index contributed by atoms with van der Waals surface area (Å²) in [4.78, 5) is 45.0. The van der Waals surface area contributed by atoms with E-state index in [-0.39, 0.29) is 30.3 Å². The number of carbonyl (C=O) groups excluding carboxylic acids is 3. The maximum atomic E-state index is 13.5. The number of amides is 3. The van der Waals surface area contributed by atoms with Crippen LogP contribution in [0.3, 0.4) is 0 Å². The topological polar surface area (TPSA) is 73.0 Å². The molecule has 0 aromatic heterocycles. The van der Waals surface area contributed by atoms with Crippen LogP contribution in [-0.2, 0) is 16.1 Å². The van der Waals surface area contributed by atoms with E-state index in [1.165, 1.54) is 0 Å². The van der Waals surface area contributed by atoms with Crippen LogP contribution < -0.4 is 15.1 Å². The van der Waals surface area contributed by atoms with E-state index >= 15 is 0 Å². The maximum Gasteiger partial charge on any atom is 0.253 e.